The van der Waals surface area contributed by atoms with Crippen molar-refractivity contribution in [3.05, 3.63) is 58.1 Å². The average Bonchev–Trinajstić information content (AvgIpc) is 2.47. The number of hydrogen-bond donors (Lipinski definition) is 1. The van der Waals surface area contributed by atoms with Crippen LogP contribution in [0.1, 0.15) is 36.7 Å². The summed E-state index contributed by atoms with van der Waals surface area (Å²) in [6.07, 6.45) is -0.130. The van der Waals surface area contributed by atoms with Crippen LogP contribution in [-0.4, -0.2) is 11.7 Å². The molecule has 0 bridgehead atoms. The van der Waals surface area contributed by atoms with E-state index in [0.717, 1.165) is 27.1 Å². The molecule has 2 aromatic carbocycles. The highest BCUT2D eigenvalue weighted by atomic mass is 79.9. The lowest BCUT2D eigenvalue weighted by atomic mass is 9.95. The molecule has 0 aliphatic carbocycles. The van der Waals surface area contributed by atoms with Gasteiger partial charge in [-0.05, 0) is 36.8 Å². The van der Waals surface area contributed by atoms with E-state index in [1.165, 1.54) is 0 Å². The molecule has 1 aliphatic rings. The number of ether oxygens (including phenoxy) is 2. The lowest BCUT2D eigenvalue weighted by Crippen LogP contribution is -2.19. The fraction of sp³-hybridized carbons (Fsp3) is 0.294. The highest BCUT2D eigenvalue weighted by Gasteiger charge is 2.28. The first-order chi connectivity index (χ1) is 10.2. The van der Waals surface area contributed by atoms with Crippen LogP contribution in [0.5, 0.6) is 11.5 Å². The van der Waals surface area contributed by atoms with Crippen molar-refractivity contribution < 1.29 is 14.6 Å². The van der Waals surface area contributed by atoms with Crippen molar-refractivity contribution in [3.8, 4) is 11.5 Å². The molecule has 0 spiro atoms. The quantitative estimate of drug-likeness (QED) is 0.892. The van der Waals surface area contributed by atoms with E-state index in [9.17, 15) is 5.11 Å². The number of aliphatic hydroxyl groups excluding tert-OH is 1. The first kappa shape index (κ1) is 14.4. The summed E-state index contributed by atoms with van der Waals surface area (Å²) in [7, 11) is 0. The molecule has 1 unspecified atom stereocenters. The van der Waals surface area contributed by atoms with Crippen LogP contribution < -0.4 is 9.47 Å². The Hall–Kier alpha value is -1.52. The van der Waals surface area contributed by atoms with Crippen molar-refractivity contribution in [1.82, 2.24) is 0 Å². The second kappa shape index (κ2) is 6.08. The van der Waals surface area contributed by atoms with Gasteiger partial charge in [-0.3, -0.25) is 0 Å². The Balaban J connectivity index is 1.89. The van der Waals surface area contributed by atoms with Crippen molar-refractivity contribution in [2.75, 3.05) is 6.61 Å². The standard InChI is InChI=1S/C17H17BrO3/c1-2-20-13-5-3-4-11(8-13)16-10-15(19)14-7-6-12(18)9-17(14)21-16/h3-9,15-16,19H,2,10H2,1H3/t15-,16?/m0/s1. The summed E-state index contributed by atoms with van der Waals surface area (Å²) in [6, 6.07) is 13.6. The number of fused-ring (bicyclic) bond motifs is 1. The third-order valence-corrected chi connectivity index (χ3v) is 4.08. The van der Waals surface area contributed by atoms with Crippen LogP contribution in [0.25, 0.3) is 0 Å². The zero-order valence-electron chi connectivity index (χ0n) is 11.8. The molecule has 4 heteroatoms. The van der Waals surface area contributed by atoms with Crippen LogP contribution in [0.2, 0.25) is 0 Å². The van der Waals surface area contributed by atoms with Gasteiger partial charge in [0.15, 0.2) is 0 Å². The van der Waals surface area contributed by atoms with Gasteiger partial charge in [0.2, 0.25) is 0 Å². The van der Waals surface area contributed by atoms with Crippen molar-refractivity contribution in [2.24, 2.45) is 0 Å². The van der Waals surface area contributed by atoms with E-state index in [1.807, 2.05) is 49.4 Å². The fourth-order valence-electron chi connectivity index (χ4n) is 2.59. The van der Waals surface area contributed by atoms with E-state index in [4.69, 9.17) is 9.47 Å². The number of hydrogen-bond acceptors (Lipinski definition) is 3. The van der Waals surface area contributed by atoms with Gasteiger partial charge < -0.3 is 14.6 Å². The van der Waals surface area contributed by atoms with Crippen molar-refractivity contribution >= 4 is 15.9 Å². The van der Waals surface area contributed by atoms with E-state index in [1.54, 1.807) is 0 Å². The molecule has 0 saturated carbocycles. The molecular formula is C17H17BrO3. The molecule has 3 nitrogen and oxygen atoms in total. The predicted octanol–water partition coefficient (Wildman–Crippen LogP) is 4.41. The van der Waals surface area contributed by atoms with E-state index in [2.05, 4.69) is 15.9 Å². The Morgan fingerprint density at radius 2 is 2.14 bits per heavy atom. The first-order valence-electron chi connectivity index (χ1n) is 7.04. The molecule has 0 saturated heterocycles. The van der Waals surface area contributed by atoms with Gasteiger partial charge in [-0.15, -0.1) is 0 Å². The summed E-state index contributed by atoms with van der Waals surface area (Å²) in [6.45, 7) is 2.59. The van der Waals surface area contributed by atoms with Crippen LogP contribution in [-0.2, 0) is 0 Å². The highest BCUT2D eigenvalue weighted by molar-refractivity contribution is 9.10. The van der Waals surface area contributed by atoms with Gasteiger partial charge in [0, 0.05) is 16.5 Å². The van der Waals surface area contributed by atoms with Gasteiger partial charge in [0.1, 0.15) is 17.6 Å². The number of rotatable bonds is 3. The van der Waals surface area contributed by atoms with Gasteiger partial charge >= 0.3 is 0 Å². The smallest absolute Gasteiger partial charge is 0.127 e. The lowest BCUT2D eigenvalue weighted by Gasteiger charge is -2.30. The third kappa shape index (κ3) is 3.06. The molecule has 2 atom stereocenters. The summed E-state index contributed by atoms with van der Waals surface area (Å²) in [4.78, 5) is 0. The predicted molar refractivity (Wildman–Crippen MR) is 84.7 cm³/mol. The Morgan fingerprint density at radius 1 is 1.29 bits per heavy atom. The zero-order valence-corrected chi connectivity index (χ0v) is 13.3. The number of halogens is 1. The third-order valence-electron chi connectivity index (χ3n) is 3.58. The minimum atomic E-state index is -0.511. The Kier molecular flexibility index (Phi) is 4.17. The average molecular weight is 349 g/mol. The van der Waals surface area contributed by atoms with Crippen molar-refractivity contribution in [1.29, 1.82) is 0 Å². The molecule has 21 heavy (non-hydrogen) atoms. The molecule has 2 aromatic rings. The molecule has 1 heterocycles. The fourth-order valence-corrected chi connectivity index (χ4v) is 2.93. The maximum Gasteiger partial charge on any atom is 0.127 e. The molecule has 0 aromatic heterocycles. The van der Waals surface area contributed by atoms with E-state index >= 15 is 0 Å². The first-order valence-corrected chi connectivity index (χ1v) is 7.83. The largest absolute Gasteiger partial charge is 0.494 e. The summed E-state index contributed by atoms with van der Waals surface area (Å²) in [5.41, 5.74) is 1.86. The molecule has 0 radical (unpaired) electrons. The summed E-state index contributed by atoms with van der Waals surface area (Å²) >= 11 is 3.44. The van der Waals surface area contributed by atoms with Crippen LogP contribution in [0.15, 0.2) is 46.9 Å². The van der Waals surface area contributed by atoms with Crippen molar-refractivity contribution in [2.45, 2.75) is 25.6 Å². The van der Waals surface area contributed by atoms with E-state index in [-0.39, 0.29) is 6.10 Å². The second-order valence-electron chi connectivity index (χ2n) is 5.05. The molecule has 110 valence electrons. The molecule has 3 rings (SSSR count). The van der Waals surface area contributed by atoms with Crippen molar-refractivity contribution in [3.63, 3.8) is 0 Å². The van der Waals surface area contributed by atoms with Gasteiger partial charge in [0.05, 0.1) is 12.7 Å². The monoisotopic (exact) mass is 348 g/mol. The Morgan fingerprint density at radius 3 is 2.95 bits per heavy atom. The van der Waals surface area contributed by atoms with Gasteiger partial charge in [0.25, 0.3) is 0 Å². The van der Waals surface area contributed by atoms with E-state index < -0.39 is 6.10 Å². The minimum absolute atomic E-state index is 0.165. The van der Waals surface area contributed by atoms with Crippen LogP contribution in [0.3, 0.4) is 0 Å². The van der Waals surface area contributed by atoms with Gasteiger partial charge in [-0.1, -0.05) is 34.1 Å². The number of aliphatic hydroxyl groups is 1. The normalized spacial score (nSPS) is 20.5. The maximum absolute atomic E-state index is 10.3. The zero-order chi connectivity index (χ0) is 14.8. The Bertz CT molecular complexity index is 642. The van der Waals surface area contributed by atoms with Gasteiger partial charge in [-0.2, -0.15) is 0 Å². The minimum Gasteiger partial charge on any atom is -0.494 e. The summed E-state index contributed by atoms with van der Waals surface area (Å²) in [5.74, 6) is 1.56. The maximum atomic E-state index is 10.3. The molecule has 1 N–H and O–H groups in total. The van der Waals surface area contributed by atoms with Crippen LogP contribution in [0.4, 0.5) is 0 Å². The molecule has 0 fully saturated rings. The van der Waals surface area contributed by atoms with Crippen LogP contribution >= 0.6 is 15.9 Å². The summed E-state index contributed by atoms with van der Waals surface area (Å²) in [5, 5.41) is 10.3. The second-order valence-corrected chi connectivity index (χ2v) is 5.96. The summed E-state index contributed by atoms with van der Waals surface area (Å²) < 4.78 is 12.5. The number of benzene rings is 2. The molecular weight excluding hydrogens is 332 g/mol. The van der Waals surface area contributed by atoms with Gasteiger partial charge in [-0.25, -0.2) is 0 Å². The SMILES string of the molecule is CCOc1cccc(C2C[C@H](O)c3ccc(Br)cc3O2)c1. The van der Waals surface area contributed by atoms with Crippen LogP contribution in [0, 0.1) is 0 Å². The topological polar surface area (TPSA) is 38.7 Å². The lowest BCUT2D eigenvalue weighted by molar-refractivity contribution is 0.0655. The highest BCUT2D eigenvalue weighted by Crippen LogP contribution is 2.42. The molecule has 1 aliphatic heterocycles. The van der Waals surface area contributed by atoms with E-state index in [0.29, 0.717) is 13.0 Å². The Labute approximate surface area is 132 Å². The molecule has 0 amide bonds.